The predicted molar refractivity (Wildman–Crippen MR) is 105 cm³/mol. The van der Waals surface area contributed by atoms with Crippen molar-refractivity contribution in [1.82, 2.24) is 10.5 Å². The van der Waals surface area contributed by atoms with Crippen LogP contribution in [0.5, 0.6) is 11.5 Å². The molecule has 0 aliphatic rings. The molecular weight excluding hydrogens is 376 g/mol. The molecule has 2 aromatic carbocycles. The van der Waals surface area contributed by atoms with Crippen LogP contribution in [0.25, 0.3) is 11.0 Å². The number of methoxy groups -OCH3 is 2. The van der Waals surface area contributed by atoms with Crippen molar-refractivity contribution in [3.8, 4) is 11.5 Å². The van der Waals surface area contributed by atoms with Gasteiger partial charge in [-0.3, -0.25) is 9.59 Å². The quantitative estimate of drug-likeness (QED) is 0.582. The van der Waals surface area contributed by atoms with Gasteiger partial charge in [0.15, 0.2) is 12.2 Å². The molecule has 1 N–H and O–H groups in total. The number of para-hydroxylation sites is 1. The highest BCUT2D eigenvalue weighted by molar-refractivity contribution is 5.85. The maximum Gasteiger partial charge on any atom is 0.312 e. The van der Waals surface area contributed by atoms with Crippen LogP contribution in [0.15, 0.2) is 47.0 Å². The smallest absolute Gasteiger partial charge is 0.312 e. The normalized spacial score (nSPS) is 11.7. The van der Waals surface area contributed by atoms with E-state index >= 15 is 0 Å². The summed E-state index contributed by atoms with van der Waals surface area (Å²) in [6.07, 6.45) is -0.0798. The molecular formula is C21H22N2O6. The van der Waals surface area contributed by atoms with Crippen molar-refractivity contribution in [3.63, 3.8) is 0 Å². The minimum absolute atomic E-state index is 0.0798. The predicted octanol–water partition coefficient (Wildman–Crippen LogP) is 2.81. The summed E-state index contributed by atoms with van der Waals surface area (Å²) >= 11 is 0. The summed E-state index contributed by atoms with van der Waals surface area (Å²) in [4.78, 5) is 24.3. The van der Waals surface area contributed by atoms with Gasteiger partial charge < -0.3 is 24.1 Å². The van der Waals surface area contributed by atoms with Gasteiger partial charge in [0.2, 0.25) is 0 Å². The third-order valence-corrected chi connectivity index (χ3v) is 4.41. The van der Waals surface area contributed by atoms with E-state index in [2.05, 4.69) is 10.5 Å². The lowest BCUT2D eigenvalue weighted by Gasteiger charge is -2.18. The molecule has 3 aromatic rings. The van der Waals surface area contributed by atoms with Gasteiger partial charge in [0, 0.05) is 10.9 Å². The van der Waals surface area contributed by atoms with Gasteiger partial charge in [0.25, 0.3) is 5.91 Å². The highest BCUT2D eigenvalue weighted by Gasteiger charge is 2.18. The molecule has 0 unspecified atom stereocenters. The average Bonchev–Trinajstić information content (AvgIpc) is 3.14. The number of hydrogen-bond donors (Lipinski definition) is 1. The second-order valence-electron chi connectivity index (χ2n) is 6.36. The minimum Gasteiger partial charge on any atom is -0.497 e. The Hall–Kier alpha value is -3.55. The molecule has 0 radical (unpaired) electrons. The summed E-state index contributed by atoms with van der Waals surface area (Å²) in [5.74, 6) is 0.272. The van der Waals surface area contributed by atoms with Gasteiger partial charge in [-0.25, -0.2) is 0 Å². The molecule has 3 rings (SSSR count). The zero-order valence-electron chi connectivity index (χ0n) is 16.4. The van der Waals surface area contributed by atoms with Gasteiger partial charge in [0.05, 0.1) is 26.7 Å². The summed E-state index contributed by atoms with van der Waals surface area (Å²) in [6, 6.07) is 12.2. The maximum absolute atomic E-state index is 12.2. The fraction of sp³-hybridized carbons (Fsp3) is 0.286. The Bertz CT molecular complexity index is 1010. The third kappa shape index (κ3) is 4.84. The highest BCUT2D eigenvalue weighted by Crippen LogP contribution is 2.29. The third-order valence-electron chi connectivity index (χ3n) is 4.41. The Morgan fingerprint density at radius 1 is 1.14 bits per heavy atom. The van der Waals surface area contributed by atoms with E-state index in [-0.39, 0.29) is 12.5 Å². The van der Waals surface area contributed by atoms with Crippen LogP contribution in [-0.2, 0) is 20.7 Å². The van der Waals surface area contributed by atoms with Gasteiger partial charge in [0.1, 0.15) is 17.2 Å². The lowest BCUT2D eigenvalue weighted by atomic mass is 10.1. The van der Waals surface area contributed by atoms with E-state index in [1.54, 1.807) is 45.4 Å². The molecule has 0 bridgehead atoms. The van der Waals surface area contributed by atoms with E-state index in [4.69, 9.17) is 18.7 Å². The van der Waals surface area contributed by atoms with Crippen molar-refractivity contribution >= 4 is 22.8 Å². The number of fused-ring (bicyclic) bond motifs is 1. The number of carbonyl (C=O) groups is 2. The van der Waals surface area contributed by atoms with Crippen molar-refractivity contribution in [2.75, 3.05) is 20.8 Å². The Morgan fingerprint density at radius 2 is 1.93 bits per heavy atom. The number of nitrogens with zero attached hydrogens (tertiary/aromatic N) is 1. The van der Waals surface area contributed by atoms with Gasteiger partial charge in [-0.15, -0.1) is 0 Å². The van der Waals surface area contributed by atoms with Crippen LogP contribution in [0.1, 0.15) is 24.2 Å². The zero-order valence-corrected chi connectivity index (χ0v) is 16.4. The van der Waals surface area contributed by atoms with Crippen molar-refractivity contribution < 1.29 is 28.3 Å². The maximum atomic E-state index is 12.2. The van der Waals surface area contributed by atoms with Crippen LogP contribution in [0.2, 0.25) is 0 Å². The Morgan fingerprint density at radius 3 is 2.69 bits per heavy atom. The fourth-order valence-electron chi connectivity index (χ4n) is 2.94. The number of ether oxygens (including phenoxy) is 3. The molecule has 1 atom stereocenters. The molecule has 1 aromatic heterocycles. The molecule has 8 heteroatoms. The number of aromatic nitrogens is 1. The van der Waals surface area contributed by atoms with Crippen molar-refractivity contribution in [2.24, 2.45) is 0 Å². The van der Waals surface area contributed by atoms with Crippen LogP contribution in [0.3, 0.4) is 0 Å². The molecule has 0 aliphatic heterocycles. The van der Waals surface area contributed by atoms with Crippen LogP contribution in [0, 0.1) is 0 Å². The van der Waals surface area contributed by atoms with E-state index in [1.807, 2.05) is 18.2 Å². The second-order valence-corrected chi connectivity index (χ2v) is 6.36. The SMILES string of the molecule is COc1ccc(OC)c([C@@H](C)NC(=O)COC(=O)Cc2noc3ccccc23)c1. The van der Waals surface area contributed by atoms with E-state index < -0.39 is 18.5 Å². The molecule has 0 spiro atoms. The average molecular weight is 398 g/mol. The minimum atomic E-state index is -0.564. The van der Waals surface area contributed by atoms with Gasteiger partial charge in [-0.1, -0.05) is 17.3 Å². The lowest BCUT2D eigenvalue weighted by Crippen LogP contribution is -2.31. The molecule has 1 heterocycles. The molecule has 8 nitrogen and oxygen atoms in total. The molecule has 0 fully saturated rings. The van der Waals surface area contributed by atoms with E-state index in [0.717, 1.165) is 10.9 Å². The lowest BCUT2D eigenvalue weighted by molar-refractivity contribution is -0.148. The highest BCUT2D eigenvalue weighted by atomic mass is 16.5. The van der Waals surface area contributed by atoms with Crippen molar-refractivity contribution in [3.05, 3.63) is 53.7 Å². The zero-order chi connectivity index (χ0) is 20.8. The first-order valence-corrected chi connectivity index (χ1v) is 9.02. The molecule has 29 heavy (non-hydrogen) atoms. The van der Waals surface area contributed by atoms with Gasteiger partial charge >= 0.3 is 5.97 Å². The van der Waals surface area contributed by atoms with Gasteiger partial charge in [-0.05, 0) is 37.3 Å². The van der Waals surface area contributed by atoms with Gasteiger partial charge in [-0.2, -0.15) is 0 Å². The Labute approximate surface area is 167 Å². The standard InChI is InChI=1S/C21H22N2O6/c1-13(16-10-14(26-2)8-9-18(16)27-3)22-20(24)12-28-21(25)11-17-15-6-4-5-7-19(15)29-23-17/h4-10,13H,11-12H2,1-3H3,(H,22,24)/t13-/m1/s1. The number of hydrogen-bond acceptors (Lipinski definition) is 7. The summed E-state index contributed by atoms with van der Waals surface area (Å²) in [7, 11) is 3.11. The monoisotopic (exact) mass is 398 g/mol. The van der Waals surface area contributed by atoms with E-state index in [9.17, 15) is 9.59 Å². The summed E-state index contributed by atoms with van der Waals surface area (Å²) in [5.41, 5.74) is 1.81. The first-order chi connectivity index (χ1) is 14.0. The topological polar surface area (TPSA) is 99.9 Å². The molecule has 0 aliphatic carbocycles. The number of esters is 1. The van der Waals surface area contributed by atoms with Crippen LogP contribution in [-0.4, -0.2) is 37.9 Å². The van der Waals surface area contributed by atoms with Crippen molar-refractivity contribution in [1.29, 1.82) is 0 Å². The molecule has 1 amide bonds. The van der Waals surface area contributed by atoms with E-state index in [0.29, 0.717) is 22.8 Å². The summed E-state index contributed by atoms with van der Waals surface area (Å²) < 4.78 is 20.8. The van der Waals surface area contributed by atoms with Crippen molar-refractivity contribution in [2.45, 2.75) is 19.4 Å². The summed E-state index contributed by atoms with van der Waals surface area (Å²) in [5, 5.41) is 7.41. The Balaban J connectivity index is 1.55. The summed E-state index contributed by atoms with van der Waals surface area (Å²) in [6.45, 7) is 1.41. The number of amides is 1. The number of carbonyl (C=O) groups excluding carboxylic acids is 2. The molecule has 152 valence electrons. The molecule has 0 saturated carbocycles. The fourth-order valence-corrected chi connectivity index (χ4v) is 2.94. The first-order valence-electron chi connectivity index (χ1n) is 9.02. The Kier molecular flexibility index (Phi) is 6.33. The van der Waals surface area contributed by atoms with Crippen LogP contribution in [0.4, 0.5) is 0 Å². The number of nitrogens with one attached hydrogen (secondary N) is 1. The second kappa shape index (κ2) is 9.09. The van der Waals surface area contributed by atoms with E-state index in [1.165, 1.54) is 0 Å². The number of benzene rings is 2. The number of rotatable bonds is 8. The van der Waals surface area contributed by atoms with Crippen LogP contribution >= 0.6 is 0 Å². The van der Waals surface area contributed by atoms with Crippen LogP contribution < -0.4 is 14.8 Å². The first kappa shape index (κ1) is 20.2. The largest absolute Gasteiger partial charge is 0.497 e. The molecule has 0 saturated heterocycles.